The fraction of sp³-hybridized carbons (Fsp3) is 0.615. The van der Waals surface area contributed by atoms with Gasteiger partial charge in [-0.1, -0.05) is 13.8 Å². The van der Waals surface area contributed by atoms with Crippen molar-refractivity contribution in [3.8, 4) is 0 Å². The second kappa shape index (κ2) is 5.73. The quantitative estimate of drug-likeness (QED) is 0.728. The Kier molecular flexibility index (Phi) is 4.59. The van der Waals surface area contributed by atoms with E-state index in [1.54, 1.807) is 10.6 Å². The summed E-state index contributed by atoms with van der Waals surface area (Å²) in [7, 11) is 1.84. The largest absolute Gasteiger partial charge is 0.358 e. The molecule has 0 aromatic carbocycles. The topological polar surface area (TPSA) is 25.2 Å². The zero-order valence-electron chi connectivity index (χ0n) is 10.8. The number of nitrogens with zero attached hydrogens (tertiary/aromatic N) is 2. The van der Waals surface area contributed by atoms with E-state index in [2.05, 4.69) is 11.0 Å². The Balaban J connectivity index is 0.000000606. The second-order valence-electron chi connectivity index (χ2n) is 3.98. The standard InChI is InChI=1S/C11H16N2O.C2H6/c1-9-7-10(12(2)11(14)8-9)13-5-3-4-6-13;1-2/h7-8H,3-6H2,1-2H3;1-2H3. The SMILES string of the molecule is CC.Cc1cc(N2CCCC2)n(C)c(=O)c1. The van der Waals surface area contributed by atoms with Gasteiger partial charge >= 0.3 is 0 Å². The average molecular weight is 222 g/mol. The molecule has 1 fully saturated rings. The van der Waals surface area contributed by atoms with Gasteiger partial charge in [0.05, 0.1) is 0 Å². The molecule has 0 N–H and O–H groups in total. The highest BCUT2D eigenvalue weighted by molar-refractivity contribution is 5.42. The van der Waals surface area contributed by atoms with Gasteiger partial charge in [0.2, 0.25) is 0 Å². The summed E-state index contributed by atoms with van der Waals surface area (Å²) in [5.41, 5.74) is 1.14. The average Bonchev–Trinajstić information content (AvgIpc) is 2.79. The lowest BCUT2D eigenvalue weighted by Gasteiger charge is -2.20. The third-order valence-corrected chi connectivity index (χ3v) is 2.81. The zero-order valence-corrected chi connectivity index (χ0v) is 10.8. The van der Waals surface area contributed by atoms with E-state index in [1.807, 2.05) is 27.8 Å². The molecule has 0 saturated carbocycles. The lowest BCUT2D eigenvalue weighted by atomic mass is 10.3. The molecule has 0 bridgehead atoms. The highest BCUT2D eigenvalue weighted by Gasteiger charge is 2.15. The second-order valence-corrected chi connectivity index (χ2v) is 3.98. The van der Waals surface area contributed by atoms with Gasteiger partial charge in [0, 0.05) is 26.2 Å². The molecule has 3 heteroatoms. The number of rotatable bonds is 1. The van der Waals surface area contributed by atoms with Crippen LogP contribution in [0.1, 0.15) is 32.3 Å². The first-order valence-electron chi connectivity index (χ1n) is 6.11. The summed E-state index contributed by atoms with van der Waals surface area (Å²) >= 11 is 0. The zero-order chi connectivity index (χ0) is 12.1. The summed E-state index contributed by atoms with van der Waals surface area (Å²) in [6.07, 6.45) is 2.48. The molecule has 16 heavy (non-hydrogen) atoms. The van der Waals surface area contributed by atoms with Gasteiger partial charge in [-0.3, -0.25) is 9.36 Å². The van der Waals surface area contributed by atoms with Crippen LogP contribution in [0.2, 0.25) is 0 Å². The van der Waals surface area contributed by atoms with E-state index < -0.39 is 0 Å². The number of aromatic nitrogens is 1. The molecule has 2 heterocycles. The van der Waals surface area contributed by atoms with Crippen molar-refractivity contribution in [3.05, 3.63) is 28.0 Å². The number of hydrogen-bond acceptors (Lipinski definition) is 2. The van der Waals surface area contributed by atoms with Gasteiger partial charge in [-0.05, 0) is 31.4 Å². The number of pyridine rings is 1. The van der Waals surface area contributed by atoms with Crippen molar-refractivity contribution >= 4 is 5.82 Å². The maximum Gasteiger partial charge on any atom is 0.252 e. The van der Waals surface area contributed by atoms with Crippen LogP contribution in [0.4, 0.5) is 5.82 Å². The van der Waals surface area contributed by atoms with Crippen LogP contribution in [0, 0.1) is 6.92 Å². The summed E-state index contributed by atoms with van der Waals surface area (Å²) in [6, 6.07) is 3.77. The van der Waals surface area contributed by atoms with Crippen molar-refractivity contribution in [2.24, 2.45) is 7.05 Å². The van der Waals surface area contributed by atoms with Crippen LogP contribution in [0.25, 0.3) is 0 Å². The van der Waals surface area contributed by atoms with Gasteiger partial charge in [-0.15, -0.1) is 0 Å². The fourth-order valence-corrected chi connectivity index (χ4v) is 2.00. The van der Waals surface area contributed by atoms with Crippen molar-refractivity contribution in [3.63, 3.8) is 0 Å². The molecular formula is C13H22N2O. The van der Waals surface area contributed by atoms with Crippen molar-refractivity contribution in [1.29, 1.82) is 0 Å². The van der Waals surface area contributed by atoms with Crippen LogP contribution >= 0.6 is 0 Å². The minimum Gasteiger partial charge on any atom is -0.358 e. The smallest absolute Gasteiger partial charge is 0.252 e. The van der Waals surface area contributed by atoms with E-state index in [0.717, 1.165) is 24.5 Å². The summed E-state index contributed by atoms with van der Waals surface area (Å²) in [4.78, 5) is 13.8. The molecule has 90 valence electrons. The van der Waals surface area contributed by atoms with Gasteiger partial charge in [0.1, 0.15) is 5.82 Å². The molecule has 0 aliphatic carbocycles. The Labute approximate surface area is 97.7 Å². The predicted octanol–water partition coefficient (Wildman–Crippen LogP) is 2.32. The molecule has 1 aromatic heterocycles. The summed E-state index contributed by atoms with van der Waals surface area (Å²) < 4.78 is 1.73. The van der Waals surface area contributed by atoms with E-state index in [-0.39, 0.29) is 5.56 Å². The third kappa shape index (κ3) is 2.65. The van der Waals surface area contributed by atoms with Crippen molar-refractivity contribution < 1.29 is 0 Å². The van der Waals surface area contributed by atoms with E-state index in [1.165, 1.54) is 12.8 Å². The van der Waals surface area contributed by atoms with Crippen molar-refractivity contribution in [1.82, 2.24) is 4.57 Å². The van der Waals surface area contributed by atoms with E-state index in [4.69, 9.17) is 0 Å². The van der Waals surface area contributed by atoms with Gasteiger partial charge in [-0.25, -0.2) is 0 Å². The molecule has 0 amide bonds. The summed E-state index contributed by atoms with van der Waals surface area (Å²) in [5.74, 6) is 1.06. The Morgan fingerprint density at radius 1 is 1.12 bits per heavy atom. The summed E-state index contributed by atoms with van der Waals surface area (Å²) in [5, 5.41) is 0. The highest BCUT2D eigenvalue weighted by atomic mass is 16.1. The maximum atomic E-state index is 11.6. The highest BCUT2D eigenvalue weighted by Crippen LogP contribution is 2.18. The van der Waals surface area contributed by atoms with E-state index >= 15 is 0 Å². The minimum atomic E-state index is 0.0897. The first-order chi connectivity index (χ1) is 7.68. The van der Waals surface area contributed by atoms with Crippen LogP contribution < -0.4 is 10.5 Å². The Morgan fingerprint density at radius 3 is 2.25 bits per heavy atom. The van der Waals surface area contributed by atoms with Crippen LogP contribution in [0.15, 0.2) is 16.9 Å². The first kappa shape index (κ1) is 12.8. The van der Waals surface area contributed by atoms with Crippen LogP contribution in [0.3, 0.4) is 0 Å². The molecule has 2 rings (SSSR count). The molecule has 0 spiro atoms. The lowest BCUT2D eigenvalue weighted by molar-refractivity contribution is 0.797. The molecule has 0 unspecified atom stereocenters. The normalized spacial score (nSPS) is 14.6. The van der Waals surface area contributed by atoms with Gasteiger partial charge in [0.25, 0.3) is 5.56 Å². The summed E-state index contributed by atoms with van der Waals surface area (Å²) in [6.45, 7) is 8.13. The Hall–Kier alpha value is -1.25. The van der Waals surface area contributed by atoms with Crippen molar-refractivity contribution in [2.75, 3.05) is 18.0 Å². The van der Waals surface area contributed by atoms with Crippen LogP contribution in [-0.2, 0) is 7.05 Å². The number of anilines is 1. The van der Waals surface area contributed by atoms with E-state index in [0.29, 0.717) is 0 Å². The maximum absolute atomic E-state index is 11.6. The molecule has 0 atom stereocenters. The van der Waals surface area contributed by atoms with Gasteiger partial charge in [0.15, 0.2) is 0 Å². The first-order valence-corrected chi connectivity index (χ1v) is 6.11. The fourth-order valence-electron chi connectivity index (χ4n) is 2.00. The number of hydrogen-bond donors (Lipinski definition) is 0. The molecule has 1 saturated heterocycles. The molecular weight excluding hydrogens is 200 g/mol. The molecule has 1 aliphatic heterocycles. The van der Waals surface area contributed by atoms with Gasteiger partial charge in [-0.2, -0.15) is 0 Å². The Morgan fingerprint density at radius 2 is 1.69 bits per heavy atom. The Bertz CT molecular complexity index is 389. The van der Waals surface area contributed by atoms with E-state index in [9.17, 15) is 4.79 Å². The molecule has 1 aliphatic rings. The molecule has 3 nitrogen and oxygen atoms in total. The molecule has 0 radical (unpaired) electrons. The predicted molar refractivity (Wildman–Crippen MR) is 69.2 cm³/mol. The number of aryl methyl sites for hydroxylation is 1. The van der Waals surface area contributed by atoms with Gasteiger partial charge < -0.3 is 4.90 Å². The van der Waals surface area contributed by atoms with Crippen LogP contribution in [-0.4, -0.2) is 17.7 Å². The van der Waals surface area contributed by atoms with Crippen LogP contribution in [0.5, 0.6) is 0 Å². The van der Waals surface area contributed by atoms with Crippen molar-refractivity contribution in [2.45, 2.75) is 33.6 Å². The molecule has 1 aromatic rings. The lowest BCUT2D eigenvalue weighted by Crippen LogP contribution is -2.27. The monoisotopic (exact) mass is 222 g/mol. The minimum absolute atomic E-state index is 0.0897. The third-order valence-electron chi connectivity index (χ3n) is 2.81.